The van der Waals surface area contributed by atoms with E-state index in [0.717, 1.165) is 12.3 Å². The minimum atomic E-state index is -0.298. The lowest BCUT2D eigenvalue weighted by Gasteiger charge is -2.40. The number of hydrogen-bond acceptors (Lipinski definition) is 3. The van der Waals surface area contributed by atoms with Crippen LogP contribution in [0.3, 0.4) is 0 Å². The number of hydrogen-bond donors (Lipinski definition) is 0. The molecule has 0 N–H and O–H groups in total. The molecule has 1 fully saturated rings. The smallest absolute Gasteiger partial charge is 0.161 e. The largest absolute Gasteiger partial charge is 0.364 e. The van der Waals surface area contributed by atoms with Crippen molar-refractivity contribution in [2.75, 3.05) is 17.2 Å². The molecular formula is C14H18FNOS. The third-order valence-electron chi connectivity index (χ3n) is 3.54. The Kier molecular flexibility index (Phi) is 3.95. The molecule has 0 aromatic heterocycles. The molecule has 1 heterocycles. The normalized spacial score (nSPS) is 24.1. The topological polar surface area (TPSA) is 20.3 Å². The molecule has 0 spiro atoms. The summed E-state index contributed by atoms with van der Waals surface area (Å²) in [6.45, 7) is 6.52. The summed E-state index contributed by atoms with van der Waals surface area (Å²) in [4.78, 5) is 13.7. The zero-order chi connectivity index (χ0) is 13.3. The van der Waals surface area contributed by atoms with E-state index in [1.54, 1.807) is 12.1 Å². The lowest BCUT2D eigenvalue weighted by Crippen LogP contribution is -2.45. The summed E-state index contributed by atoms with van der Waals surface area (Å²) in [7, 11) is 0. The van der Waals surface area contributed by atoms with Crippen LogP contribution in [0.1, 0.15) is 31.1 Å². The molecule has 0 saturated carbocycles. The maximum Gasteiger partial charge on any atom is 0.161 e. The van der Waals surface area contributed by atoms with Crippen LogP contribution in [0.15, 0.2) is 18.2 Å². The Bertz CT molecular complexity index is 463. The first-order valence-electron chi connectivity index (χ1n) is 6.20. The summed E-state index contributed by atoms with van der Waals surface area (Å²) in [5.41, 5.74) is 0.964. The Morgan fingerprint density at radius 1 is 1.44 bits per heavy atom. The Morgan fingerprint density at radius 3 is 2.83 bits per heavy atom. The highest BCUT2D eigenvalue weighted by Gasteiger charge is 2.29. The standard InChI is InChI=1S/C14H18FNOS/c1-9-11(3)18-8-7-16(9)14-12(10(2)17)5-4-6-13(14)15/h4-6,9,11H,7-8H2,1-3H3. The van der Waals surface area contributed by atoms with Gasteiger partial charge in [-0.2, -0.15) is 11.8 Å². The highest BCUT2D eigenvalue weighted by Crippen LogP contribution is 2.33. The third kappa shape index (κ3) is 2.39. The summed E-state index contributed by atoms with van der Waals surface area (Å²) in [6.07, 6.45) is 0. The molecule has 2 atom stereocenters. The molecule has 1 aliphatic rings. The van der Waals surface area contributed by atoms with Gasteiger partial charge in [0.1, 0.15) is 5.82 Å². The number of nitrogens with zero attached hydrogens (tertiary/aromatic N) is 1. The van der Waals surface area contributed by atoms with Gasteiger partial charge in [0, 0.05) is 29.2 Å². The highest BCUT2D eigenvalue weighted by atomic mass is 32.2. The second-order valence-corrected chi connectivity index (χ2v) is 6.19. The second kappa shape index (κ2) is 5.31. The SMILES string of the molecule is CC(=O)c1cccc(F)c1N1CCSC(C)C1C. The molecule has 0 radical (unpaired) electrons. The summed E-state index contributed by atoms with van der Waals surface area (Å²) < 4.78 is 14.1. The number of Topliss-reactive ketones (excluding diaryl/α,β-unsaturated/α-hetero) is 1. The quantitative estimate of drug-likeness (QED) is 0.766. The van der Waals surface area contributed by atoms with Crippen molar-refractivity contribution in [2.24, 2.45) is 0 Å². The van der Waals surface area contributed by atoms with Crippen LogP contribution in [0.4, 0.5) is 10.1 Å². The molecule has 4 heteroatoms. The fraction of sp³-hybridized carbons (Fsp3) is 0.500. The van der Waals surface area contributed by atoms with Gasteiger partial charge in [0.15, 0.2) is 5.78 Å². The molecule has 0 aliphatic carbocycles. The first-order chi connectivity index (χ1) is 8.52. The van der Waals surface area contributed by atoms with E-state index in [0.29, 0.717) is 16.5 Å². The first-order valence-corrected chi connectivity index (χ1v) is 7.25. The number of para-hydroxylation sites is 1. The van der Waals surface area contributed by atoms with E-state index in [2.05, 4.69) is 13.8 Å². The van der Waals surface area contributed by atoms with Crippen molar-refractivity contribution in [1.82, 2.24) is 0 Å². The van der Waals surface area contributed by atoms with Crippen molar-refractivity contribution in [2.45, 2.75) is 32.1 Å². The van der Waals surface area contributed by atoms with Crippen molar-refractivity contribution in [3.05, 3.63) is 29.6 Å². The van der Waals surface area contributed by atoms with Crippen LogP contribution in [0.5, 0.6) is 0 Å². The van der Waals surface area contributed by atoms with E-state index in [1.165, 1.54) is 13.0 Å². The van der Waals surface area contributed by atoms with Crippen LogP contribution < -0.4 is 4.90 Å². The van der Waals surface area contributed by atoms with Gasteiger partial charge < -0.3 is 4.90 Å². The predicted molar refractivity (Wildman–Crippen MR) is 75.1 cm³/mol. The van der Waals surface area contributed by atoms with Gasteiger partial charge in [-0.15, -0.1) is 0 Å². The zero-order valence-electron chi connectivity index (χ0n) is 10.9. The van der Waals surface area contributed by atoms with Crippen molar-refractivity contribution in [3.63, 3.8) is 0 Å². The van der Waals surface area contributed by atoms with Crippen LogP contribution in [0, 0.1) is 5.82 Å². The van der Waals surface area contributed by atoms with E-state index in [9.17, 15) is 9.18 Å². The Hall–Kier alpha value is -1.03. The molecule has 0 bridgehead atoms. The zero-order valence-corrected chi connectivity index (χ0v) is 11.8. The fourth-order valence-electron chi connectivity index (χ4n) is 2.34. The second-order valence-electron chi connectivity index (χ2n) is 4.70. The van der Waals surface area contributed by atoms with Crippen molar-refractivity contribution < 1.29 is 9.18 Å². The number of carbonyl (C=O) groups excluding carboxylic acids is 1. The van der Waals surface area contributed by atoms with Crippen LogP contribution in [0.25, 0.3) is 0 Å². The van der Waals surface area contributed by atoms with Crippen molar-refractivity contribution in [1.29, 1.82) is 0 Å². The predicted octanol–water partition coefficient (Wildman–Crippen LogP) is 3.36. The van der Waals surface area contributed by atoms with Crippen LogP contribution in [0.2, 0.25) is 0 Å². The van der Waals surface area contributed by atoms with Crippen LogP contribution >= 0.6 is 11.8 Å². The van der Waals surface area contributed by atoms with Crippen LogP contribution in [-0.2, 0) is 0 Å². The molecule has 98 valence electrons. The van der Waals surface area contributed by atoms with Gasteiger partial charge in [-0.05, 0) is 26.0 Å². The van der Waals surface area contributed by atoms with E-state index in [-0.39, 0.29) is 17.6 Å². The monoisotopic (exact) mass is 267 g/mol. The molecule has 0 amide bonds. The Labute approximate surface area is 112 Å². The lowest BCUT2D eigenvalue weighted by molar-refractivity contribution is 0.101. The summed E-state index contributed by atoms with van der Waals surface area (Å²) in [5.74, 6) is 0.591. The number of anilines is 1. The van der Waals surface area contributed by atoms with Gasteiger partial charge in [-0.25, -0.2) is 4.39 Å². The van der Waals surface area contributed by atoms with E-state index in [4.69, 9.17) is 0 Å². The van der Waals surface area contributed by atoms with Gasteiger partial charge in [-0.1, -0.05) is 13.0 Å². The molecule has 1 aliphatic heterocycles. The Morgan fingerprint density at radius 2 is 2.17 bits per heavy atom. The Balaban J connectivity index is 2.46. The number of halogens is 1. The average molecular weight is 267 g/mol. The maximum atomic E-state index is 14.1. The molecule has 1 aromatic rings. The van der Waals surface area contributed by atoms with Gasteiger partial charge in [0.2, 0.25) is 0 Å². The lowest BCUT2D eigenvalue weighted by atomic mass is 10.1. The molecular weight excluding hydrogens is 249 g/mol. The molecule has 2 nitrogen and oxygen atoms in total. The number of carbonyl (C=O) groups is 1. The minimum Gasteiger partial charge on any atom is -0.364 e. The number of benzene rings is 1. The van der Waals surface area contributed by atoms with Crippen molar-refractivity contribution in [3.8, 4) is 0 Å². The first kappa shape index (κ1) is 13.4. The van der Waals surface area contributed by atoms with E-state index in [1.807, 2.05) is 16.7 Å². The average Bonchev–Trinajstić information content (AvgIpc) is 2.33. The number of thioether (sulfide) groups is 1. The van der Waals surface area contributed by atoms with E-state index < -0.39 is 0 Å². The molecule has 1 saturated heterocycles. The number of ketones is 1. The van der Waals surface area contributed by atoms with Gasteiger partial charge >= 0.3 is 0 Å². The summed E-state index contributed by atoms with van der Waals surface area (Å²) >= 11 is 1.90. The summed E-state index contributed by atoms with van der Waals surface area (Å²) in [5, 5.41) is 0.443. The molecule has 18 heavy (non-hydrogen) atoms. The van der Waals surface area contributed by atoms with Crippen molar-refractivity contribution >= 4 is 23.2 Å². The third-order valence-corrected chi connectivity index (χ3v) is 4.88. The van der Waals surface area contributed by atoms with Gasteiger partial charge in [0.25, 0.3) is 0 Å². The van der Waals surface area contributed by atoms with Gasteiger partial charge in [-0.3, -0.25) is 4.79 Å². The number of rotatable bonds is 2. The van der Waals surface area contributed by atoms with Gasteiger partial charge in [0.05, 0.1) is 5.69 Å². The maximum absolute atomic E-state index is 14.1. The fourth-order valence-corrected chi connectivity index (χ4v) is 3.44. The molecule has 1 aromatic carbocycles. The highest BCUT2D eigenvalue weighted by molar-refractivity contribution is 8.00. The minimum absolute atomic E-state index is 0.0809. The molecule has 2 unspecified atom stereocenters. The molecule has 2 rings (SSSR count). The summed E-state index contributed by atoms with van der Waals surface area (Å²) in [6, 6.07) is 4.97. The van der Waals surface area contributed by atoms with Crippen LogP contribution in [-0.4, -0.2) is 29.4 Å². The van der Waals surface area contributed by atoms with E-state index >= 15 is 0 Å².